The van der Waals surface area contributed by atoms with E-state index in [0.29, 0.717) is 23.0 Å². The summed E-state index contributed by atoms with van der Waals surface area (Å²) in [6.45, 7) is 3.98. The molecule has 2 aromatic rings. The first kappa shape index (κ1) is 21.2. The molecular weight excluding hydrogens is 368 g/mol. The number of hydrogen-bond donors (Lipinski definition) is 2. The maximum Gasteiger partial charge on any atom is 0.255 e. The van der Waals surface area contributed by atoms with Crippen LogP contribution in [0.5, 0.6) is 5.75 Å². The summed E-state index contributed by atoms with van der Waals surface area (Å²) in [4.78, 5) is 17.3. The molecule has 0 radical (unpaired) electrons. The zero-order chi connectivity index (χ0) is 18.7. The Morgan fingerprint density at radius 1 is 1.30 bits per heavy atom. The van der Waals surface area contributed by atoms with Gasteiger partial charge in [-0.25, -0.2) is 0 Å². The van der Waals surface area contributed by atoms with E-state index in [0.717, 1.165) is 25.7 Å². The lowest BCUT2D eigenvalue weighted by Gasteiger charge is -2.20. The lowest BCUT2D eigenvalue weighted by Crippen LogP contribution is -2.35. The van der Waals surface area contributed by atoms with Crippen LogP contribution in [0.1, 0.15) is 67.6 Å². The van der Waals surface area contributed by atoms with Crippen LogP contribution in [0.3, 0.4) is 0 Å². The Morgan fingerprint density at radius 2 is 1.96 bits per heavy atom. The highest BCUT2D eigenvalue weighted by atomic mass is 35.5. The number of methoxy groups -OCH3 is 1. The first-order valence-corrected chi connectivity index (χ1v) is 9.01. The van der Waals surface area contributed by atoms with Crippen molar-refractivity contribution in [2.45, 2.75) is 51.1 Å². The maximum absolute atomic E-state index is 12.7. The van der Waals surface area contributed by atoms with Crippen LogP contribution in [0, 0.1) is 5.92 Å². The van der Waals surface area contributed by atoms with Crippen LogP contribution in [0.2, 0.25) is 0 Å². The molecule has 1 aliphatic rings. The number of amides is 1. The van der Waals surface area contributed by atoms with E-state index in [1.807, 2.05) is 19.9 Å². The van der Waals surface area contributed by atoms with E-state index in [1.54, 1.807) is 25.3 Å². The van der Waals surface area contributed by atoms with Gasteiger partial charge < -0.3 is 20.3 Å². The molecule has 3 N–H and O–H groups in total. The van der Waals surface area contributed by atoms with Crippen molar-refractivity contribution in [1.29, 1.82) is 0 Å². The van der Waals surface area contributed by atoms with Crippen LogP contribution in [-0.2, 0) is 5.54 Å². The number of nitrogens with one attached hydrogen (secondary N) is 1. The third-order valence-electron chi connectivity index (χ3n) is 4.95. The summed E-state index contributed by atoms with van der Waals surface area (Å²) in [5.74, 6) is 1.26. The van der Waals surface area contributed by atoms with Crippen molar-refractivity contribution in [3.8, 4) is 5.75 Å². The van der Waals surface area contributed by atoms with Gasteiger partial charge in [-0.2, -0.15) is 4.98 Å². The molecule has 27 heavy (non-hydrogen) atoms. The van der Waals surface area contributed by atoms with E-state index < -0.39 is 11.6 Å². The van der Waals surface area contributed by atoms with Crippen molar-refractivity contribution in [3.05, 3.63) is 41.5 Å². The zero-order valence-electron chi connectivity index (χ0n) is 15.9. The van der Waals surface area contributed by atoms with Gasteiger partial charge in [0.05, 0.1) is 18.2 Å². The van der Waals surface area contributed by atoms with Crippen LogP contribution in [-0.4, -0.2) is 23.2 Å². The molecule has 1 aromatic carbocycles. The average molecular weight is 395 g/mol. The predicted octanol–water partition coefficient (Wildman–Crippen LogP) is 3.36. The standard InChI is InChI=1S/C19H26N4O3.ClH/c1-12(2)15(21-16(24)13-8-4-5-9-14(13)25-3)17-22-18(23-26-17)19(20)10-6-7-11-19;/h4-5,8-9,12,15H,6-7,10-11,20H2,1-3H3,(H,21,24);1H. The molecule has 1 fully saturated rings. The van der Waals surface area contributed by atoms with Crippen molar-refractivity contribution in [3.63, 3.8) is 0 Å². The first-order valence-electron chi connectivity index (χ1n) is 9.01. The third kappa shape index (κ3) is 4.42. The van der Waals surface area contributed by atoms with Gasteiger partial charge >= 0.3 is 0 Å². The predicted molar refractivity (Wildman–Crippen MR) is 104 cm³/mol. The van der Waals surface area contributed by atoms with Crippen molar-refractivity contribution in [2.24, 2.45) is 11.7 Å². The van der Waals surface area contributed by atoms with Gasteiger partial charge in [0.15, 0.2) is 5.82 Å². The number of aromatic nitrogens is 2. The Hall–Kier alpha value is -2.12. The van der Waals surface area contributed by atoms with Gasteiger partial charge in [-0.05, 0) is 30.9 Å². The molecule has 0 bridgehead atoms. The van der Waals surface area contributed by atoms with Crippen LogP contribution >= 0.6 is 12.4 Å². The average Bonchev–Trinajstić information content (AvgIpc) is 3.29. The minimum absolute atomic E-state index is 0. The van der Waals surface area contributed by atoms with Crippen molar-refractivity contribution >= 4 is 18.3 Å². The largest absolute Gasteiger partial charge is 0.496 e. The number of carbonyl (C=O) groups excluding carboxylic acids is 1. The lowest BCUT2D eigenvalue weighted by atomic mass is 9.98. The molecule has 0 aliphatic heterocycles. The molecule has 3 rings (SSSR count). The fourth-order valence-electron chi connectivity index (χ4n) is 3.36. The molecule has 8 heteroatoms. The Morgan fingerprint density at radius 3 is 2.59 bits per heavy atom. The second-order valence-corrected chi connectivity index (χ2v) is 7.21. The van der Waals surface area contributed by atoms with Crippen molar-refractivity contribution < 1.29 is 14.1 Å². The van der Waals surface area contributed by atoms with Gasteiger partial charge in [-0.15, -0.1) is 12.4 Å². The molecule has 148 valence electrons. The van der Waals surface area contributed by atoms with Crippen molar-refractivity contribution in [1.82, 2.24) is 15.5 Å². The highest BCUT2D eigenvalue weighted by molar-refractivity contribution is 5.97. The fraction of sp³-hybridized carbons (Fsp3) is 0.526. The second-order valence-electron chi connectivity index (χ2n) is 7.21. The minimum Gasteiger partial charge on any atom is -0.496 e. The van der Waals surface area contributed by atoms with Gasteiger partial charge in [0, 0.05) is 0 Å². The molecule has 1 aliphatic carbocycles. The van der Waals surface area contributed by atoms with E-state index in [2.05, 4.69) is 15.5 Å². The summed E-state index contributed by atoms with van der Waals surface area (Å²) in [5.41, 5.74) is 6.36. The molecule has 1 heterocycles. The first-order chi connectivity index (χ1) is 12.4. The molecule has 1 aromatic heterocycles. The Labute approximate surface area is 165 Å². The molecule has 1 unspecified atom stereocenters. The maximum atomic E-state index is 12.7. The molecule has 0 spiro atoms. The highest BCUT2D eigenvalue weighted by Gasteiger charge is 2.37. The van der Waals surface area contributed by atoms with Crippen LogP contribution in [0.4, 0.5) is 0 Å². The summed E-state index contributed by atoms with van der Waals surface area (Å²) in [6, 6.07) is 6.69. The number of nitrogens with two attached hydrogens (primary N) is 1. The second kappa shape index (κ2) is 8.71. The van der Waals surface area contributed by atoms with Crippen LogP contribution < -0.4 is 15.8 Å². The van der Waals surface area contributed by atoms with Crippen molar-refractivity contribution in [2.75, 3.05) is 7.11 Å². The quantitative estimate of drug-likeness (QED) is 0.778. The van der Waals surface area contributed by atoms with E-state index >= 15 is 0 Å². The van der Waals surface area contributed by atoms with Gasteiger partial charge in [0.2, 0.25) is 5.89 Å². The molecular formula is C19H27ClN4O3. The van der Waals surface area contributed by atoms with E-state index in [9.17, 15) is 4.79 Å². The van der Waals surface area contributed by atoms with Gasteiger partial charge in [0.25, 0.3) is 5.91 Å². The number of halogens is 1. The highest BCUT2D eigenvalue weighted by Crippen LogP contribution is 2.35. The molecule has 1 saturated carbocycles. The van der Waals surface area contributed by atoms with Crippen LogP contribution in [0.25, 0.3) is 0 Å². The zero-order valence-corrected chi connectivity index (χ0v) is 16.7. The number of hydrogen-bond acceptors (Lipinski definition) is 6. The molecule has 0 saturated heterocycles. The van der Waals surface area contributed by atoms with E-state index in [1.165, 1.54) is 0 Å². The summed E-state index contributed by atoms with van der Waals surface area (Å²) >= 11 is 0. The SMILES string of the molecule is COc1ccccc1C(=O)NC(c1nc(C2(N)CCCC2)no1)C(C)C.Cl. The number of benzene rings is 1. The normalized spacial score (nSPS) is 16.6. The number of rotatable bonds is 6. The summed E-state index contributed by atoms with van der Waals surface area (Å²) < 4.78 is 10.7. The Kier molecular flexibility index (Phi) is 6.84. The molecule has 1 atom stereocenters. The Bertz CT molecular complexity index is 772. The summed E-state index contributed by atoms with van der Waals surface area (Å²) in [7, 11) is 1.54. The Balaban J connectivity index is 0.00000261. The smallest absolute Gasteiger partial charge is 0.255 e. The topological polar surface area (TPSA) is 103 Å². The van der Waals surface area contributed by atoms with Gasteiger partial charge in [-0.3, -0.25) is 4.79 Å². The number of para-hydroxylation sites is 1. The van der Waals surface area contributed by atoms with Gasteiger partial charge in [0.1, 0.15) is 11.8 Å². The summed E-state index contributed by atoms with van der Waals surface area (Å²) in [5, 5.41) is 7.08. The fourth-order valence-corrected chi connectivity index (χ4v) is 3.36. The number of ether oxygens (including phenoxy) is 1. The van der Waals surface area contributed by atoms with Gasteiger partial charge in [-0.1, -0.05) is 44.0 Å². The summed E-state index contributed by atoms with van der Waals surface area (Å²) in [6.07, 6.45) is 3.84. The number of carbonyl (C=O) groups is 1. The monoisotopic (exact) mass is 394 g/mol. The minimum atomic E-state index is -0.518. The van der Waals surface area contributed by atoms with Crippen LogP contribution in [0.15, 0.2) is 28.8 Å². The molecule has 1 amide bonds. The number of nitrogens with zero attached hydrogens (tertiary/aromatic N) is 2. The van der Waals surface area contributed by atoms with E-state index in [4.69, 9.17) is 15.0 Å². The third-order valence-corrected chi connectivity index (χ3v) is 4.95. The lowest BCUT2D eigenvalue weighted by molar-refractivity contribution is 0.0911. The molecule has 7 nitrogen and oxygen atoms in total. The van der Waals surface area contributed by atoms with E-state index in [-0.39, 0.29) is 24.2 Å².